The van der Waals surface area contributed by atoms with E-state index in [4.69, 9.17) is 23.2 Å². The zero-order valence-corrected chi connectivity index (χ0v) is 18.3. The first-order valence-electron chi connectivity index (χ1n) is 9.61. The van der Waals surface area contributed by atoms with Crippen LogP contribution >= 0.6 is 23.2 Å². The van der Waals surface area contributed by atoms with Gasteiger partial charge in [-0.3, -0.25) is 25.8 Å². The normalized spacial score (nSPS) is 10.5. The van der Waals surface area contributed by atoms with E-state index in [1.54, 1.807) is 24.3 Å². The molecule has 0 spiro atoms. The molecule has 0 bridgehead atoms. The lowest BCUT2D eigenvalue weighted by Crippen LogP contribution is -2.30. The van der Waals surface area contributed by atoms with Crippen LogP contribution in [0.5, 0.6) is 0 Å². The monoisotopic (exact) mass is 479 g/mol. The Morgan fingerprint density at radius 2 is 1.61 bits per heavy atom. The van der Waals surface area contributed by atoms with E-state index < -0.39 is 10.8 Å². The number of nitro groups is 1. The standard InChI is InChI=1S/C23H15Cl2N5O3/c24-16-8-11-18(19(25)12-16)23(31)29-28-21-13-20(14-4-2-1-3-5-14)26-22(27-21)15-6-9-17(10-7-15)30(32)33/h1-13H,(H,29,31)(H,26,27,28). The Bertz CT molecular complexity index is 1330. The molecule has 1 heterocycles. The number of rotatable bonds is 6. The molecule has 0 atom stereocenters. The number of anilines is 1. The molecule has 0 radical (unpaired) electrons. The van der Waals surface area contributed by atoms with Gasteiger partial charge in [0.1, 0.15) is 5.82 Å². The molecule has 0 saturated heterocycles. The van der Waals surface area contributed by atoms with E-state index in [0.29, 0.717) is 27.9 Å². The highest BCUT2D eigenvalue weighted by molar-refractivity contribution is 6.36. The molecule has 0 aliphatic rings. The maximum atomic E-state index is 12.6. The van der Waals surface area contributed by atoms with Crippen LogP contribution in [-0.4, -0.2) is 20.8 Å². The van der Waals surface area contributed by atoms with Gasteiger partial charge < -0.3 is 0 Å². The summed E-state index contributed by atoms with van der Waals surface area (Å²) >= 11 is 12.0. The van der Waals surface area contributed by atoms with E-state index in [-0.39, 0.29) is 16.3 Å². The average molecular weight is 480 g/mol. The van der Waals surface area contributed by atoms with Crippen molar-refractivity contribution in [2.24, 2.45) is 0 Å². The number of nitro benzene ring substituents is 1. The zero-order valence-electron chi connectivity index (χ0n) is 16.8. The highest BCUT2D eigenvalue weighted by Crippen LogP contribution is 2.26. The maximum Gasteiger partial charge on any atom is 0.271 e. The highest BCUT2D eigenvalue weighted by Gasteiger charge is 2.14. The van der Waals surface area contributed by atoms with Gasteiger partial charge >= 0.3 is 0 Å². The average Bonchev–Trinajstić information content (AvgIpc) is 2.83. The van der Waals surface area contributed by atoms with Gasteiger partial charge in [0.05, 0.1) is 21.2 Å². The molecule has 164 valence electrons. The van der Waals surface area contributed by atoms with E-state index in [0.717, 1.165) is 5.56 Å². The summed E-state index contributed by atoms with van der Waals surface area (Å²) in [5.41, 5.74) is 7.55. The number of hydrazine groups is 1. The van der Waals surface area contributed by atoms with Crippen LogP contribution in [0.3, 0.4) is 0 Å². The predicted molar refractivity (Wildman–Crippen MR) is 127 cm³/mol. The molecule has 33 heavy (non-hydrogen) atoms. The second-order valence-corrected chi connectivity index (χ2v) is 7.68. The Kier molecular flexibility index (Phi) is 6.48. The van der Waals surface area contributed by atoms with Crippen molar-refractivity contribution in [2.75, 3.05) is 5.43 Å². The van der Waals surface area contributed by atoms with Crippen molar-refractivity contribution in [1.29, 1.82) is 0 Å². The molecule has 0 unspecified atom stereocenters. The van der Waals surface area contributed by atoms with E-state index in [1.165, 1.54) is 24.3 Å². The van der Waals surface area contributed by atoms with Crippen molar-refractivity contribution in [2.45, 2.75) is 0 Å². The van der Waals surface area contributed by atoms with E-state index in [9.17, 15) is 14.9 Å². The fourth-order valence-corrected chi connectivity index (χ4v) is 3.49. The summed E-state index contributed by atoms with van der Waals surface area (Å²) in [6, 6.07) is 21.5. The third-order valence-electron chi connectivity index (χ3n) is 4.61. The number of hydrogen-bond donors (Lipinski definition) is 2. The number of carbonyl (C=O) groups excluding carboxylic acids is 1. The number of amides is 1. The quantitative estimate of drug-likeness (QED) is 0.267. The fourth-order valence-electron chi connectivity index (χ4n) is 2.99. The van der Waals surface area contributed by atoms with Crippen molar-refractivity contribution >= 4 is 40.6 Å². The van der Waals surface area contributed by atoms with Gasteiger partial charge in [0.25, 0.3) is 11.6 Å². The summed E-state index contributed by atoms with van der Waals surface area (Å²) in [7, 11) is 0. The van der Waals surface area contributed by atoms with Crippen molar-refractivity contribution in [3.63, 3.8) is 0 Å². The van der Waals surface area contributed by atoms with Gasteiger partial charge in [-0.05, 0) is 30.3 Å². The van der Waals surface area contributed by atoms with Crippen molar-refractivity contribution in [3.8, 4) is 22.6 Å². The number of aromatic nitrogens is 2. The molecule has 0 fully saturated rings. The van der Waals surface area contributed by atoms with Crippen LogP contribution in [0, 0.1) is 10.1 Å². The minimum Gasteiger partial charge on any atom is -0.281 e. The molecule has 0 aliphatic carbocycles. The van der Waals surface area contributed by atoms with Gasteiger partial charge in [-0.1, -0.05) is 53.5 Å². The summed E-state index contributed by atoms with van der Waals surface area (Å²) in [6.45, 7) is 0. The summed E-state index contributed by atoms with van der Waals surface area (Å²) in [6.07, 6.45) is 0. The van der Waals surface area contributed by atoms with Crippen molar-refractivity contribution < 1.29 is 9.72 Å². The number of nitrogens with one attached hydrogen (secondary N) is 2. The largest absolute Gasteiger partial charge is 0.281 e. The lowest BCUT2D eigenvalue weighted by molar-refractivity contribution is -0.384. The second kappa shape index (κ2) is 9.64. The maximum absolute atomic E-state index is 12.6. The van der Waals surface area contributed by atoms with Gasteiger partial charge in [0, 0.05) is 34.3 Å². The van der Waals surface area contributed by atoms with E-state index in [2.05, 4.69) is 20.8 Å². The minimum atomic E-state index is -0.478. The number of non-ortho nitro benzene ring substituents is 1. The Morgan fingerprint density at radius 3 is 2.27 bits per heavy atom. The lowest BCUT2D eigenvalue weighted by atomic mass is 10.1. The molecule has 10 heteroatoms. The molecule has 1 amide bonds. The molecule has 8 nitrogen and oxygen atoms in total. The van der Waals surface area contributed by atoms with Crippen LogP contribution in [0.25, 0.3) is 22.6 Å². The van der Waals surface area contributed by atoms with Gasteiger partial charge in [0.15, 0.2) is 5.82 Å². The van der Waals surface area contributed by atoms with Gasteiger partial charge in [-0.25, -0.2) is 9.97 Å². The Balaban J connectivity index is 1.66. The molecule has 1 aromatic heterocycles. The third-order valence-corrected chi connectivity index (χ3v) is 5.16. The Morgan fingerprint density at radius 1 is 0.879 bits per heavy atom. The van der Waals surface area contributed by atoms with Crippen LogP contribution in [-0.2, 0) is 0 Å². The Hall–Kier alpha value is -4.01. The van der Waals surface area contributed by atoms with E-state index in [1.807, 2.05) is 30.3 Å². The lowest BCUT2D eigenvalue weighted by Gasteiger charge is -2.12. The third kappa shape index (κ3) is 5.25. The molecule has 0 saturated carbocycles. The van der Waals surface area contributed by atoms with Gasteiger partial charge in [-0.15, -0.1) is 0 Å². The Labute approximate surface area is 198 Å². The summed E-state index contributed by atoms with van der Waals surface area (Å²) in [5, 5.41) is 11.6. The second-order valence-electron chi connectivity index (χ2n) is 6.84. The summed E-state index contributed by atoms with van der Waals surface area (Å²) < 4.78 is 0. The number of carbonyl (C=O) groups is 1. The van der Waals surface area contributed by atoms with Gasteiger partial charge in [0.2, 0.25) is 0 Å². The van der Waals surface area contributed by atoms with Crippen molar-refractivity contribution in [1.82, 2.24) is 15.4 Å². The fraction of sp³-hybridized carbons (Fsp3) is 0. The van der Waals surface area contributed by atoms with Crippen LogP contribution in [0.1, 0.15) is 10.4 Å². The first kappa shape index (κ1) is 22.2. The molecule has 3 aromatic carbocycles. The molecular formula is C23H15Cl2N5O3. The number of nitrogens with zero attached hydrogens (tertiary/aromatic N) is 3. The summed E-state index contributed by atoms with van der Waals surface area (Å²) in [4.78, 5) is 32.1. The van der Waals surface area contributed by atoms with Crippen LogP contribution < -0.4 is 10.9 Å². The number of hydrogen-bond acceptors (Lipinski definition) is 6. The SMILES string of the molecule is O=C(NNc1cc(-c2ccccc2)nc(-c2ccc([N+](=O)[O-])cc2)n1)c1ccc(Cl)cc1Cl. The predicted octanol–water partition coefficient (Wildman–Crippen LogP) is 5.78. The van der Waals surface area contributed by atoms with Gasteiger partial charge in [-0.2, -0.15) is 0 Å². The van der Waals surface area contributed by atoms with Crippen LogP contribution in [0.2, 0.25) is 10.0 Å². The molecule has 2 N–H and O–H groups in total. The first-order valence-corrected chi connectivity index (χ1v) is 10.4. The topological polar surface area (TPSA) is 110 Å². The zero-order chi connectivity index (χ0) is 23.4. The minimum absolute atomic E-state index is 0.0385. The van der Waals surface area contributed by atoms with E-state index >= 15 is 0 Å². The molecular weight excluding hydrogens is 465 g/mol. The molecule has 0 aliphatic heterocycles. The smallest absolute Gasteiger partial charge is 0.271 e. The summed E-state index contributed by atoms with van der Waals surface area (Å²) in [5.74, 6) is 0.164. The van der Waals surface area contributed by atoms with Crippen LogP contribution in [0.4, 0.5) is 11.5 Å². The number of halogens is 2. The van der Waals surface area contributed by atoms with Crippen molar-refractivity contribution in [3.05, 3.63) is 105 Å². The highest BCUT2D eigenvalue weighted by atomic mass is 35.5. The molecule has 4 rings (SSSR count). The first-order chi connectivity index (χ1) is 15.9. The van der Waals surface area contributed by atoms with Crippen LogP contribution in [0.15, 0.2) is 78.9 Å². The molecule has 4 aromatic rings. The number of benzene rings is 3.